The van der Waals surface area contributed by atoms with Gasteiger partial charge in [0.2, 0.25) is 0 Å². The molecule has 19 heavy (non-hydrogen) atoms. The zero-order valence-corrected chi connectivity index (χ0v) is 11.2. The Labute approximate surface area is 111 Å². The van der Waals surface area contributed by atoms with Crippen molar-refractivity contribution < 1.29 is 4.79 Å². The third-order valence-electron chi connectivity index (χ3n) is 3.51. The molecular weight excluding hydrogens is 240 g/mol. The fourth-order valence-electron chi connectivity index (χ4n) is 2.33. The number of carbonyl (C=O) groups excluding carboxylic acids is 1. The maximum absolute atomic E-state index is 11.4. The molecule has 5 heteroatoms. The van der Waals surface area contributed by atoms with Gasteiger partial charge in [-0.3, -0.25) is 4.79 Å². The summed E-state index contributed by atoms with van der Waals surface area (Å²) in [4.78, 5) is 19.3. The molecular formula is C14H18N4O. The van der Waals surface area contributed by atoms with E-state index in [1.54, 1.807) is 6.07 Å². The lowest BCUT2D eigenvalue weighted by Gasteiger charge is -2.23. The van der Waals surface area contributed by atoms with E-state index in [4.69, 9.17) is 5.73 Å². The normalized spacial score (nSPS) is 15.9. The van der Waals surface area contributed by atoms with Gasteiger partial charge < -0.3 is 16.0 Å². The quantitative estimate of drug-likeness (QED) is 0.779. The van der Waals surface area contributed by atoms with Crippen LogP contribution in [0.3, 0.4) is 0 Å². The van der Waals surface area contributed by atoms with Crippen LogP contribution < -0.4 is 11.1 Å². The molecule has 4 N–H and O–H groups in total. The first-order valence-electron chi connectivity index (χ1n) is 6.54. The number of aromatic amines is 1. The summed E-state index contributed by atoms with van der Waals surface area (Å²) in [6, 6.07) is 6.01. The van der Waals surface area contributed by atoms with Crippen molar-refractivity contribution in [1.29, 1.82) is 0 Å². The van der Waals surface area contributed by atoms with Gasteiger partial charge >= 0.3 is 0 Å². The van der Waals surface area contributed by atoms with Crippen LogP contribution in [-0.4, -0.2) is 21.9 Å². The van der Waals surface area contributed by atoms with Gasteiger partial charge in [-0.15, -0.1) is 0 Å². The number of hydrogen-bond acceptors (Lipinski definition) is 3. The standard InChI is InChI=1S/C14H18N4O/c1-14(2,18-8-6-7-8)13-16-10-5-3-4-9(12(15)19)11(10)17-13/h3-5,8,18H,6-7H2,1-2H3,(H2,15,19)(H,16,17). The van der Waals surface area contributed by atoms with Gasteiger partial charge in [0.1, 0.15) is 11.3 Å². The molecule has 0 atom stereocenters. The molecule has 3 rings (SSSR count). The Balaban J connectivity index is 2.05. The summed E-state index contributed by atoms with van der Waals surface area (Å²) in [6.07, 6.45) is 2.44. The average Bonchev–Trinajstić information content (AvgIpc) is 3.02. The second-order valence-corrected chi connectivity index (χ2v) is 5.70. The van der Waals surface area contributed by atoms with Crippen LogP contribution in [0.4, 0.5) is 0 Å². The summed E-state index contributed by atoms with van der Waals surface area (Å²) in [5.74, 6) is 0.389. The van der Waals surface area contributed by atoms with E-state index in [0.29, 0.717) is 17.1 Å². The molecule has 0 aliphatic heterocycles. The van der Waals surface area contributed by atoms with Gasteiger partial charge in [0.25, 0.3) is 5.91 Å². The number of fused-ring (bicyclic) bond motifs is 1. The number of rotatable bonds is 4. The number of nitrogens with one attached hydrogen (secondary N) is 2. The highest BCUT2D eigenvalue weighted by Crippen LogP contribution is 2.28. The number of hydrogen-bond donors (Lipinski definition) is 3. The molecule has 1 amide bonds. The van der Waals surface area contributed by atoms with Gasteiger partial charge in [0.05, 0.1) is 16.6 Å². The number of carbonyl (C=O) groups is 1. The molecule has 0 saturated heterocycles. The van der Waals surface area contributed by atoms with Crippen LogP contribution in [0, 0.1) is 0 Å². The zero-order valence-electron chi connectivity index (χ0n) is 11.2. The number of nitrogens with zero attached hydrogens (tertiary/aromatic N) is 1. The highest BCUT2D eigenvalue weighted by Gasteiger charge is 2.32. The summed E-state index contributed by atoms with van der Waals surface area (Å²) in [5.41, 5.74) is 7.09. The fraction of sp³-hybridized carbons (Fsp3) is 0.429. The van der Waals surface area contributed by atoms with Crippen molar-refractivity contribution in [1.82, 2.24) is 15.3 Å². The lowest BCUT2D eigenvalue weighted by molar-refractivity contribution is 0.100. The summed E-state index contributed by atoms with van der Waals surface area (Å²) in [6.45, 7) is 4.18. The third kappa shape index (κ3) is 2.21. The third-order valence-corrected chi connectivity index (χ3v) is 3.51. The van der Waals surface area contributed by atoms with Crippen LogP contribution in [0.5, 0.6) is 0 Å². The molecule has 1 heterocycles. The number of benzene rings is 1. The van der Waals surface area contributed by atoms with Crippen LogP contribution >= 0.6 is 0 Å². The first-order valence-corrected chi connectivity index (χ1v) is 6.54. The minimum atomic E-state index is -0.448. The van der Waals surface area contributed by atoms with Gasteiger partial charge in [0, 0.05) is 6.04 Å². The summed E-state index contributed by atoms with van der Waals surface area (Å²) in [5, 5.41) is 3.55. The number of amides is 1. The minimum Gasteiger partial charge on any atom is -0.366 e. The molecule has 1 aromatic heterocycles. The molecule has 5 nitrogen and oxygen atoms in total. The predicted molar refractivity (Wildman–Crippen MR) is 73.8 cm³/mol. The molecule has 1 aliphatic rings. The van der Waals surface area contributed by atoms with Crippen molar-refractivity contribution in [3.8, 4) is 0 Å². The molecule has 1 aliphatic carbocycles. The number of imidazole rings is 1. The fourth-order valence-corrected chi connectivity index (χ4v) is 2.33. The van der Waals surface area contributed by atoms with Crippen molar-refractivity contribution >= 4 is 16.9 Å². The Bertz CT molecular complexity index is 640. The molecule has 0 unspecified atom stereocenters. The van der Waals surface area contributed by atoms with E-state index in [9.17, 15) is 4.79 Å². The van der Waals surface area contributed by atoms with Crippen LogP contribution in [0.25, 0.3) is 11.0 Å². The van der Waals surface area contributed by atoms with Crippen molar-refractivity contribution in [2.24, 2.45) is 5.73 Å². The molecule has 1 saturated carbocycles. The van der Waals surface area contributed by atoms with Gasteiger partial charge in [0.15, 0.2) is 0 Å². The van der Waals surface area contributed by atoms with E-state index in [2.05, 4.69) is 29.1 Å². The minimum absolute atomic E-state index is 0.241. The van der Waals surface area contributed by atoms with Gasteiger partial charge in [-0.1, -0.05) is 6.07 Å². The van der Waals surface area contributed by atoms with E-state index in [-0.39, 0.29) is 5.54 Å². The first-order chi connectivity index (χ1) is 8.97. The van der Waals surface area contributed by atoms with Crippen LogP contribution in [0.2, 0.25) is 0 Å². The van der Waals surface area contributed by atoms with E-state index in [1.807, 2.05) is 12.1 Å². The van der Waals surface area contributed by atoms with Crippen molar-refractivity contribution in [3.05, 3.63) is 29.6 Å². The molecule has 0 bridgehead atoms. The molecule has 1 fully saturated rings. The number of nitrogens with two attached hydrogens (primary N) is 1. The molecule has 100 valence electrons. The lowest BCUT2D eigenvalue weighted by atomic mass is 10.1. The second-order valence-electron chi connectivity index (χ2n) is 5.70. The number of aromatic nitrogens is 2. The maximum Gasteiger partial charge on any atom is 0.250 e. The second kappa shape index (κ2) is 4.06. The van der Waals surface area contributed by atoms with E-state index in [1.165, 1.54) is 12.8 Å². The Kier molecular flexibility index (Phi) is 2.60. The topological polar surface area (TPSA) is 83.8 Å². The van der Waals surface area contributed by atoms with Gasteiger partial charge in [-0.2, -0.15) is 0 Å². The monoisotopic (exact) mass is 258 g/mol. The Morgan fingerprint density at radius 1 is 1.47 bits per heavy atom. The average molecular weight is 258 g/mol. The highest BCUT2D eigenvalue weighted by molar-refractivity contribution is 6.04. The van der Waals surface area contributed by atoms with E-state index >= 15 is 0 Å². The van der Waals surface area contributed by atoms with Crippen molar-refractivity contribution in [2.75, 3.05) is 0 Å². The smallest absolute Gasteiger partial charge is 0.250 e. The molecule has 0 radical (unpaired) electrons. The lowest BCUT2D eigenvalue weighted by Crippen LogP contribution is -2.39. The molecule has 0 spiro atoms. The Hall–Kier alpha value is -1.88. The summed E-state index contributed by atoms with van der Waals surface area (Å²) < 4.78 is 0. The molecule has 2 aromatic rings. The largest absolute Gasteiger partial charge is 0.366 e. The Morgan fingerprint density at radius 3 is 2.84 bits per heavy atom. The summed E-state index contributed by atoms with van der Waals surface area (Å²) >= 11 is 0. The number of primary amides is 1. The van der Waals surface area contributed by atoms with E-state index in [0.717, 1.165) is 11.3 Å². The summed E-state index contributed by atoms with van der Waals surface area (Å²) in [7, 11) is 0. The Morgan fingerprint density at radius 2 is 2.21 bits per heavy atom. The van der Waals surface area contributed by atoms with Crippen molar-refractivity contribution in [3.63, 3.8) is 0 Å². The van der Waals surface area contributed by atoms with E-state index < -0.39 is 5.91 Å². The van der Waals surface area contributed by atoms with Gasteiger partial charge in [-0.25, -0.2) is 4.98 Å². The van der Waals surface area contributed by atoms with Crippen LogP contribution in [0.15, 0.2) is 18.2 Å². The van der Waals surface area contributed by atoms with Crippen LogP contribution in [0.1, 0.15) is 42.9 Å². The predicted octanol–water partition coefficient (Wildman–Crippen LogP) is 1.65. The highest BCUT2D eigenvalue weighted by atomic mass is 16.1. The molecule has 1 aromatic carbocycles. The maximum atomic E-state index is 11.4. The van der Waals surface area contributed by atoms with Gasteiger partial charge in [-0.05, 0) is 38.8 Å². The first kappa shape index (κ1) is 12.2. The number of H-pyrrole nitrogens is 1. The number of para-hydroxylation sites is 1. The van der Waals surface area contributed by atoms with Crippen LogP contribution in [-0.2, 0) is 5.54 Å². The zero-order chi connectivity index (χ0) is 13.6. The van der Waals surface area contributed by atoms with Crippen molar-refractivity contribution in [2.45, 2.75) is 38.3 Å². The SMILES string of the molecule is CC(C)(NC1CC1)c1nc2c(C(N)=O)cccc2[nH]1.